The van der Waals surface area contributed by atoms with Crippen molar-refractivity contribution in [3.05, 3.63) is 41.2 Å². The maximum Gasteiger partial charge on any atom is 0.471 e. The summed E-state index contributed by atoms with van der Waals surface area (Å²) in [4.78, 5) is 56.0. The fourth-order valence-corrected chi connectivity index (χ4v) is 4.09. The first-order valence-electron chi connectivity index (χ1n) is 11.8. The highest BCUT2D eigenvalue weighted by Gasteiger charge is 2.42. The third-order valence-corrected chi connectivity index (χ3v) is 6.17. The molecule has 3 heterocycles. The molecule has 42 heavy (non-hydrogen) atoms. The lowest BCUT2D eigenvalue weighted by Crippen LogP contribution is -2.53. The van der Waals surface area contributed by atoms with Gasteiger partial charge in [-0.2, -0.15) is 9.99 Å². The van der Waals surface area contributed by atoms with Crippen LogP contribution in [0.4, 0.5) is 33.5 Å². The van der Waals surface area contributed by atoms with Crippen molar-refractivity contribution in [2.75, 3.05) is 43.3 Å². The number of carbonyl (C=O) groups excluding carboxylic acids is 1. The monoisotopic (exact) mass is 609 g/mol. The van der Waals surface area contributed by atoms with Gasteiger partial charge in [-0.05, 0) is 26.0 Å². The summed E-state index contributed by atoms with van der Waals surface area (Å²) in [6.45, 7) is 2.06. The van der Waals surface area contributed by atoms with E-state index in [0.717, 1.165) is 16.1 Å². The standard InChI is InChI=1S/C23H25FN7O10P/c1-23(2)21(32)30(11-40-42(34,35)36)20-14(41-23)6-7-17(27-20)26-19-13(24)10-25-22(28-19)31(29-33)12-8-15(37-3)18(39-5)16(9-12)38-4/h6-10H,11H2,1-5H3,(H2,34,35,36)(H,25,26,27,28). The van der Waals surface area contributed by atoms with Crippen molar-refractivity contribution in [1.82, 2.24) is 15.0 Å². The van der Waals surface area contributed by atoms with Crippen LogP contribution in [0.3, 0.4) is 0 Å². The molecule has 3 N–H and O–H groups in total. The van der Waals surface area contributed by atoms with Crippen LogP contribution in [0.2, 0.25) is 0 Å². The minimum absolute atomic E-state index is 0.0621. The number of carbonyl (C=O) groups is 1. The Bertz CT molecular complexity index is 1550. The van der Waals surface area contributed by atoms with Crippen LogP contribution >= 0.6 is 7.82 Å². The molecule has 0 atom stereocenters. The first kappa shape index (κ1) is 30.3. The van der Waals surface area contributed by atoms with E-state index in [4.69, 9.17) is 28.7 Å². The number of fused-ring (bicyclic) bond motifs is 1. The number of halogens is 1. The smallest absolute Gasteiger partial charge is 0.471 e. The zero-order valence-electron chi connectivity index (χ0n) is 22.8. The number of methoxy groups -OCH3 is 3. The van der Waals surface area contributed by atoms with Gasteiger partial charge in [-0.25, -0.2) is 18.9 Å². The summed E-state index contributed by atoms with van der Waals surface area (Å²) in [6, 6.07) is 5.59. The van der Waals surface area contributed by atoms with Crippen molar-refractivity contribution in [2.45, 2.75) is 19.4 Å². The number of anilines is 5. The van der Waals surface area contributed by atoms with Crippen molar-refractivity contribution in [3.63, 3.8) is 0 Å². The van der Waals surface area contributed by atoms with E-state index in [-0.39, 0.29) is 46.3 Å². The molecule has 1 aromatic carbocycles. The van der Waals surface area contributed by atoms with Crippen LogP contribution < -0.4 is 34.2 Å². The topological polar surface area (TPSA) is 207 Å². The van der Waals surface area contributed by atoms with Gasteiger partial charge in [0.25, 0.3) is 11.9 Å². The van der Waals surface area contributed by atoms with Gasteiger partial charge in [0.15, 0.2) is 40.3 Å². The average molecular weight is 609 g/mol. The van der Waals surface area contributed by atoms with Gasteiger partial charge in [0.2, 0.25) is 5.75 Å². The van der Waals surface area contributed by atoms with Crippen molar-refractivity contribution >= 4 is 42.8 Å². The SMILES string of the molecule is COc1cc(N(N=O)c2ncc(F)c(Nc3ccc4c(n3)N(COP(=O)(O)O)C(=O)C(C)(C)O4)n2)cc(OC)c1OC. The molecule has 1 aliphatic rings. The predicted molar refractivity (Wildman–Crippen MR) is 144 cm³/mol. The Hall–Kier alpha value is -4.64. The molecular weight excluding hydrogens is 584 g/mol. The molecule has 2 aromatic heterocycles. The molecule has 0 fully saturated rings. The number of pyridine rings is 1. The molecule has 0 unspecified atom stereocenters. The first-order valence-corrected chi connectivity index (χ1v) is 13.3. The highest BCUT2D eigenvalue weighted by molar-refractivity contribution is 7.46. The summed E-state index contributed by atoms with van der Waals surface area (Å²) in [5.74, 6) is -1.92. The Kier molecular flexibility index (Phi) is 8.44. The Labute approximate surface area is 237 Å². The van der Waals surface area contributed by atoms with E-state index in [1.165, 1.54) is 59.4 Å². The molecule has 0 saturated carbocycles. The number of benzene rings is 1. The molecule has 1 amide bonds. The lowest BCUT2D eigenvalue weighted by atomic mass is 10.1. The van der Waals surface area contributed by atoms with E-state index in [1.807, 2.05) is 0 Å². The van der Waals surface area contributed by atoms with Gasteiger partial charge in [0, 0.05) is 12.1 Å². The first-order chi connectivity index (χ1) is 19.8. The van der Waals surface area contributed by atoms with Gasteiger partial charge in [-0.3, -0.25) is 14.2 Å². The minimum atomic E-state index is -4.95. The quantitative estimate of drug-likeness (QED) is 0.162. The minimum Gasteiger partial charge on any atom is -0.493 e. The predicted octanol–water partition coefficient (Wildman–Crippen LogP) is 3.17. The van der Waals surface area contributed by atoms with Crippen LogP contribution in [0.1, 0.15) is 13.8 Å². The second-order valence-electron chi connectivity index (χ2n) is 8.88. The number of hydrogen-bond donors (Lipinski definition) is 3. The summed E-state index contributed by atoms with van der Waals surface area (Å²) in [7, 11) is -0.798. The highest BCUT2D eigenvalue weighted by Crippen LogP contribution is 2.43. The third-order valence-electron chi connectivity index (χ3n) is 5.72. The van der Waals surface area contributed by atoms with Crippen molar-refractivity contribution in [2.24, 2.45) is 5.29 Å². The zero-order valence-corrected chi connectivity index (χ0v) is 23.7. The molecule has 19 heteroatoms. The van der Waals surface area contributed by atoms with Crippen LogP contribution in [0.15, 0.2) is 35.7 Å². The fourth-order valence-electron chi connectivity index (χ4n) is 3.83. The van der Waals surface area contributed by atoms with Crippen molar-refractivity contribution in [3.8, 4) is 23.0 Å². The molecular formula is C23H25FN7O10P. The fraction of sp³-hybridized carbons (Fsp3) is 0.304. The van der Waals surface area contributed by atoms with Gasteiger partial charge in [-0.15, -0.1) is 4.91 Å². The third kappa shape index (κ3) is 6.15. The largest absolute Gasteiger partial charge is 0.493 e. The Morgan fingerprint density at radius 3 is 2.38 bits per heavy atom. The number of phosphoric ester groups is 1. The van der Waals surface area contributed by atoms with E-state index in [9.17, 15) is 18.7 Å². The lowest BCUT2D eigenvalue weighted by molar-refractivity contribution is -0.133. The Morgan fingerprint density at radius 2 is 1.81 bits per heavy atom. The van der Waals surface area contributed by atoms with Crippen LogP contribution in [-0.2, 0) is 13.9 Å². The van der Waals surface area contributed by atoms with E-state index >= 15 is 0 Å². The summed E-state index contributed by atoms with van der Waals surface area (Å²) < 4.78 is 52.1. The number of rotatable bonds is 11. The van der Waals surface area contributed by atoms with E-state index < -0.39 is 37.7 Å². The Morgan fingerprint density at radius 1 is 1.14 bits per heavy atom. The number of nitroso groups, excluding NO2 is 1. The average Bonchev–Trinajstić information content (AvgIpc) is 2.94. The zero-order chi connectivity index (χ0) is 30.8. The van der Waals surface area contributed by atoms with Gasteiger partial charge < -0.3 is 34.1 Å². The maximum absolute atomic E-state index is 14.8. The van der Waals surface area contributed by atoms with Gasteiger partial charge in [0.1, 0.15) is 12.5 Å². The van der Waals surface area contributed by atoms with Gasteiger partial charge in [-0.1, -0.05) is 0 Å². The number of nitrogens with zero attached hydrogens (tertiary/aromatic N) is 6. The number of hydrogen-bond acceptors (Lipinski definition) is 13. The molecule has 0 bridgehead atoms. The molecule has 4 rings (SSSR count). The van der Waals surface area contributed by atoms with E-state index in [1.54, 1.807) is 0 Å². The van der Waals surface area contributed by atoms with Gasteiger partial charge in [0.05, 0.1) is 38.5 Å². The summed E-state index contributed by atoms with van der Waals surface area (Å²) in [5, 5.41) is 6.32. The Balaban J connectivity index is 1.69. The molecule has 17 nitrogen and oxygen atoms in total. The van der Waals surface area contributed by atoms with E-state index in [2.05, 4.69) is 30.1 Å². The highest BCUT2D eigenvalue weighted by atomic mass is 31.2. The number of amides is 1. The van der Waals surface area contributed by atoms with Crippen LogP contribution in [-0.4, -0.2) is 64.3 Å². The normalized spacial score (nSPS) is 14.0. The van der Waals surface area contributed by atoms with Crippen molar-refractivity contribution in [1.29, 1.82) is 0 Å². The molecule has 0 radical (unpaired) electrons. The summed E-state index contributed by atoms with van der Waals surface area (Å²) in [5.41, 5.74) is -1.31. The van der Waals surface area contributed by atoms with Crippen LogP contribution in [0.5, 0.6) is 23.0 Å². The number of ether oxygens (including phenoxy) is 4. The van der Waals surface area contributed by atoms with Crippen LogP contribution in [0, 0.1) is 10.7 Å². The molecule has 0 spiro atoms. The molecule has 0 aliphatic carbocycles. The second-order valence-corrected chi connectivity index (χ2v) is 10.1. The summed E-state index contributed by atoms with van der Waals surface area (Å²) >= 11 is 0. The van der Waals surface area contributed by atoms with Gasteiger partial charge >= 0.3 is 7.82 Å². The molecule has 1 aliphatic heterocycles. The van der Waals surface area contributed by atoms with E-state index in [0.29, 0.717) is 0 Å². The maximum atomic E-state index is 14.8. The molecule has 224 valence electrons. The second kappa shape index (κ2) is 11.7. The molecule has 0 saturated heterocycles. The lowest BCUT2D eigenvalue weighted by Gasteiger charge is -2.37. The van der Waals surface area contributed by atoms with Crippen LogP contribution in [0.25, 0.3) is 0 Å². The number of phosphoric acid groups is 1. The summed E-state index contributed by atoms with van der Waals surface area (Å²) in [6.07, 6.45) is 0.786. The van der Waals surface area contributed by atoms with Crippen molar-refractivity contribution < 1.29 is 47.0 Å². The number of aromatic nitrogens is 3. The number of nitrogens with one attached hydrogen (secondary N) is 1. The molecule has 3 aromatic rings.